The highest BCUT2D eigenvalue weighted by Crippen LogP contribution is 2.15. The average molecular weight is 567 g/mol. The summed E-state index contributed by atoms with van der Waals surface area (Å²) in [7, 11) is 0. The Balaban J connectivity index is 0.00000420. The molecule has 4 aromatic rings. The molecule has 2 amide bonds. The molecular weight excluding hydrogens is 532 g/mol. The number of ether oxygens (including phenoxy) is 2. The lowest BCUT2D eigenvalue weighted by Crippen LogP contribution is -2.41. The quantitative estimate of drug-likeness (QED) is 0.194. The first kappa shape index (κ1) is 29.8. The van der Waals surface area contributed by atoms with Gasteiger partial charge in [0.05, 0.1) is 20.8 Å². The number of hydrogen-bond acceptors (Lipinski definition) is 8. The second-order valence-electron chi connectivity index (χ2n) is 8.73. The van der Waals surface area contributed by atoms with Gasteiger partial charge in [-0.3, -0.25) is 9.97 Å². The second kappa shape index (κ2) is 16.3. The zero-order chi connectivity index (χ0) is 26.4. The number of nitrogens with one attached hydrogen (secondary N) is 2. The normalized spacial score (nSPS) is 12.0. The summed E-state index contributed by atoms with van der Waals surface area (Å²) < 4.78 is 10.8. The van der Waals surface area contributed by atoms with Crippen LogP contribution in [0.2, 0.25) is 0 Å². The molecule has 0 aliphatic rings. The lowest BCUT2D eigenvalue weighted by atomic mass is 9.96. The maximum atomic E-state index is 12.6. The Kier molecular flexibility index (Phi) is 12.4. The van der Waals surface area contributed by atoms with E-state index in [4.69, 9.17) is 9.47 Å². The number of rotatable bonds is 13. The van der Waals surface area contributed by atoms with Crippen molar-refractivity contribution in [2.24, 2.45) is 0 Å². The van der Waals surface area contributed by atoms with E-state index < -0.39 is 12.2 Å². The first-order valence-electron chi connectivity index (χ1n) is 12.3. The average Bonchev–Trinajstić information content (AvgIpc) is 3.65. The van der Waals surface area contributed by atoms with Crippen molar-refractivity contribution in [2.75, 3.05) is 0 Å². The van der Waals surface area contributed by atoms with Crippen LogP contribution in [-0.4, -0.2) is 34.2 Å². The molecule has 0 saturated carbocycles. The van der Waals surface area contributed by atoms with Crippen LogP contribution in [0.3, 0.4) is 0 Å². The third kappa shape index (κ3) is 10.9. The van der Waals surface area contributed by atoms with Gasteiger partial charge in [-0.15, -0.1) is 22.7 Å². The predicted molar refractivity (Wildman–Crippen MR) is 155 cm³/mol. The van der Waals surface area contributed by atoms with Crippen molar-refractivity contribution in [2.45, 2.75) is 58.4 Å². The number of nitrogens with zero attached hydrogens (tertiary/aromatic N) is 2. The number of carbonyl (C=O) groups excluding carboxylic acids is 2. The molecule has 0 saturated heterocycles. The number of amides is 2. The second-order valence-corrected chi connectivity index (χ2v) is 10.7. The topological polar surface area (TPSA) is 102 Å². The molecule has 2 unspecified atom stereocenters. The Hall–Kier alpha value is -3.76. The summed E-state index contributed by atoms with van der Waals surface area (Å²) in [6.07, 6.45) is 4.98. The third-order valence-corrected chi connectivity index (χ3v) is 7.32. The first-order valence-corrected chi connectivity index (χ1v) is 14.1. The molecule has 2 heterocycles. The minimum absolute atomic E-state index is 0. The summed E-state index contributed by atoms with van der Waals surface area (Å²) in [6, 6.07) is 19.6. The maximum absolute atomic E-state index is 12.6. The van der Waals surface area contributed by atoms with Crippen LogP contribution in [0, 0.1) is 0 Å². The van der Waals surface area contributed by atoms with Gasteiger partial charge in [0.25, 0.3) is 0 Å². The molecule has 0 fully saturated rings. The van der Waals surface area contributed by atoms with Gasteiger partial charge in [-0.25, -0.2) is 9.59 Å². The van der Waals surface area contributed by atoms with Crippen LogP contribution in [0.5, 0.6) is 0 Å². The van der Waals surface area contributed by atoms with Crippen LogP contribution < -0.4 is 10.6 Å². The Morgan fingerprint density at radius 2 is 1.10 bits per heavy atom. The Bertz CT molecular complexity index is 1130. The third-order valence-electron chi connectivity index (χ3n) is 5.82. The van der Waals surface area contributed by atoms with Crippen LogP contribution in [0.4, 0.5) is 9.59 Å². The molecule has 206 valence electrons. The van der Waals surface area contributed by atoms with E-state index in [0.717, 1.165) is 20.9 Å². The van der Waals surface area contributed by atoms with Gasteiger partial charge in [-0.2, -0.15) is 0 Å². The minimum atomic E-state index is -0.476. The lowest BCUT2D eigenvalue weighted by molar-refractivity contribution is 0.132. The van der Waals surface area contributed by atoms with Gasteiger partial charge < -0.3 is 20.1 Å². The fraction of sp³-hybridized carbons (Fsp3) is 0.310. The molecule has 2 N–H and O–H groups in total. The fourth-order valence-electron chi connectivity index (χ4n) is 3.97. The first-order chi connectivity index (χ1) is 18.6. The van der Waals surface area contributed by atoms with E-state index in [-0.39, 0.29) is 32.7 Å². The van der Waals surface area contributed by atoms with Gasteiger partial charge >= 0.3 is 12.2 Å². The highest BCUT2D eigenvalue weighted by atomic mass is 32.1. The number of aromatic nitrogens is 2. The van der Waals surface area contributed by atoms with E-state index in [1.54, 1.807) is 23.4 Å². The van der Waals surface area contributed by atoms with E-state index in [1.807, 2.05) is 60.7 Å². The van der Waals surface area contributed by atoms with Crippen molar-refractivity contribution in [3.8, 4) is 0 Å². The van der Waals surface area contributed by atoms with E-state index in [2.05, 4.69) is 20.6 Å². The SMILES string of the molecule is C.O=C(NC(CCC(Cc1ccccc1)NC(=O)OCc1cncs1)Cc1ccccc1)OCc1cncs1. The standard InChI is InChI=1S/C28H30N4O4S2.CH4/c33-27(35-17-25-15-29-19-37-25)31-23(13-21-7-3-1-4-8-21)11-12-24(14-22-9-5-2-6-10-22)32-28(34)36-18-26-16-30-20-38-26;/h1-10,15-16,19-20,23-24H,11-14,17-18H2,(H,31,33)(H,32,34);1H4. The molecule has 2 aromatic heterocycles. The summed E-state index contributed by atoms with van der Waals surface area (Å²) in [6.45, 7) is 0.358. The van der Waals surface area contributed by atoms with Crippen molar-refractivity contribution in [3.63, 3.8) is 0 Å². The van der Waals surface area contributed by atoms with E-state index in [9.17, 15) is 9.59 Å². The maximum Gasteiger partial charge on any atom is 0.407 e. The largest absolute Gasteiger partial charge is 0.444 e. The Morgan fingerprint density at radius 3 is 1.46 bits per heavy atom. The number of carbonyl (C=O) groups is 2. The molecule has 2 atom stereocenters. The van der Waals surface area contributed by atoms with Crippen LogP contribution in [0.1, 0.15) is 41.1 Å². The van der Waals surface area contributed by atoms with Crippen molar-refractivity contribution >= 4 is 34.9 Å². The summed E-state index contributed by atoms with van der Waals surface area (Å²) in [5.74, 6) is 0. The number of alkyl carbamates (subject to hydrolysis) is 2. The number of benzene rings is 2. The van der Waals surface area contributed by atoms with Gasteiger partial charge in [-0.1, -0.05) is 68.1 Å². The number of thiazole rings is 2. The Labute approximate surface area is 237 Å². The molecule has 2 aromatic carbocycles. The number of hydrogen-bond donors (Lipinski definition) is 2. The predicted octanol–water partition coefficient (Wildman–Crippen LogP) is 6.39. The van der Waals surface area contributed by atoms with Crippen molar-refractivity contribution in [1.82, 2.24) is 20.6 Å². The summed E-state index contributed by atoms with van der Waals surface area (Å²) in [4.78, 5) is 35.0. The van der Waals surface area contributed by atoms with Gasteiger partial charge in [0.15, 0.2) is 0 Å². The zero-order valence-electron chi connectivity index (χ0n) is 20.8. The van der Waals surface area contributed by atoms with E-state index >= 15 is 0 Å². The van der Waals surface area contributed by atoms with Gasteiger partial charge in [-0.05, 0) is 36.8 Å². The van der Waals surface area contributed by atoms with Gasteiger partial charge in [0.1, 0.15) is 13.2 Å². The van der Waals surface area contributed by atoms with Crippen LogP contribution >= 0.6 is 22.7 Å². The van der Waals surface area contributed by atoms with Crippen LogP contribution in [-0.2, 0) is 35.5 Å². The highest BCUT2D eigenvalue weighted by molar-refractivity contribution is 7.09. The molecule has 0 bridgehead atoms. The van der Waals surface area contributed by atoms with Crippen LogP contribution in [0.15, 0.2) is 84.1 Å². The molecule has 8 nitrogen and oxygen atoms in total. The van der Waals surface area contributed by atoms with Crippen molar-refractivity contribution < 1.29 is 19.1 Å². The minimum Gasteiger partial charge on any atom is -0.444 e. The van der Waals surface area contributed by atoms with E-state index in [1.165, 1.54) is 22.7 Å². The molecule has 0 aliphatic heterocycles. The fourth-order valence-corrected chi connectivity index (χ4v) is 4.98. The van der Waals surface area contributed by atoms with E-state index in [0.29, 0.717) is 25.7 Å². The zero-order valence-corrected chi connectivity index (χ0v) is 22.5. The molecule has 4 rings (SSSR count). The lowest BCUT2D eigenvalue weighted by Gasteiger charge is -2.23. The molecule has 0 aliphatic carbocycles. The summed E-state index contributed by atoms with van der Waals surface area (Å²) >= 11 is 2.88. The molecule has 0 radical (unpaired) electrons. The molecular formula is C29H34N4O4S2. The molecule has 39 heavy (non-hydrogen) atoms. The Morgan fingerprint density at radius 1 is 0.692 bits per heavy atom. The van der Waals surface area contributed by atoms with Crippen molar-refractivity contribution in [1.29, 1.82) is 0 Å². The summed E-state index contributed by atoms with van der Waals surface area (Å²) in [5.41, 5.74) is 5.63. The molecule has 0 spiro atoms. The van der Waals surface area contributed by atoms with Gasteiger partial charge in [0.2, 0.25) is 0 Å². The highest BCUT2D eigenvalue weighted by Gasteiger charge is 2.20. The summed E-state index contributed by atoms with van der Waals surface area (Å²) in [5, 5.41) is 6.04. The molecule has 10 heteroatoms. The van der Waals surface area contributed by atoms with Crippen molar-refractivity contribution in [3.05, 3.63) is 105 Å². The smallest absolute Gasteiger partial charge is 0.407 e. The van der Waals surface area contributed by atoms with Gasteiger partial charge in [0, 0.05) is 24.5 Å². The monoisotopic (exact) mass is 566 g/mol. The van der Waals surface area contributed by atoms with Crippen LogP contribution in [0.25, 0.3) is 0 Å².